The summed E-state index contributed by atoms with van der Waals surface area (Å²) in [5.41, 5.74) is 1.77. The third-order valence-electron chi connectivity index (χ3n) is 3.31. The van der Waals surface area contributed by atoms with Crippen molar-refractivity contribution in [2.45, 2.75) is 11.0 Å². The highest BCUT2D eigenvalue weighted by molar-refractivity contribution is 9.10. The van der Waals surface area contributed by atoms with Gasteiger partial charge in [0.05, 0.1) is 10.6 Å². The number of non-ortho nitro benzene ring substituents is 1. The van der Waals surface area contributed by atoms with Gasteiger partial charge in [0.1, 0.15) is 10.1 Å². The number of nitrogens with zero attached hydrogens (tertiary/aromatic N) is 5. The lowest BCUT2D eigenvalue weighted by molar-refractivity contribution is -0.384. The van der Waals surface area contributed by atoms with Gasteiger partial charge in [0.15, 0.2) is 5.58 Å². The van der Waals surface area contributed by atoms with E-state index in [4.69, 9.17) is 4.42 Å². The minimum Gasteiger partial charge on any atom is -0.431 e. The molecule has 10 heteroatoms. The van der Waals surface area contributed by atoms with Crippen LogP contribution in [-0.2, 0) is 5.75 Å². The molecule has 0 aliphatic heterocycles. The highest BCUT2D eigenvalue weighted by Gasteiger charge is 2.15. The maximum absolute atomic E-state index is 10.8. The number of imidazole rings is 1. The van der Waals surface area contributed by atoms with E-state index >= 15 is 0 Å². The summed E-state index contributed by atoms with van der Waals surface area (Å²) in [6.45, 7) is 0. The number of benzene rings is 1. The van der Waals surface area contributed by atoms with Crippen molar-refractivity contribution in [3.8, 4) is 0 Å². The van der Waals surface area contributed by atoms with Crippen molar-refractivity contribution in [1.29, 1.82) is 0 Å². The lowest BCUT2D eigenvalue weighted by Crippen LogP contribution is -1.86. The van der Waals surface area contributed by atoms with Gasteiger partial charge in [-0.1, -0.05) is 11.8 Å². The van der Waals surface area contributed by atoms with Crippen LogP contribution in [0, 0.1) is 10.1 Å². The fraction of sp³-hybridized carbons (Fsp3) is 0.0714. The van der Waals surface area contributed by atoms with Crippen LogP contribution in [-0.4, -0.2) is 24.3 Å². The molecule has 0 saturated heterocycles. The summed E-state index contributed by atoms with van der Waals surface area (Å²) in [4.78, 5) is 23.3. The molecule has 0 unspecified atom stereocenters. The van der Waals surface area contributed by atoms with Crippen LogP contribution >= 0.6 is 27.7 Å². The van der Waals surface area contributed by atoms with E-state index < -0.39 is 4.92 Å². The highest BCUT2D eigenvalue weighted by atomic mass is 79.9. The van der Waals surface area contributed by atoms with E-state index in [1.165, 1.54) is 23.9 Å². The summed E-state index contributed by atoms with van der Waals surface area (Å²) in [7, 11) is 0. The molecule has 0 atom stereocenters. The van der Waals surface area contributed by atoms with Crippen molar-refractivity contribution < 1.29 is 9.34 Å². The van der Waals surface area contributed by atoms with Crippen LogP contribution in [0.4, 0.5) is 5.69 Å². The van der Waals surface area contributed by atoms with Crippen LogP contribution in [0.1, 0.15) is 5.69 Å². The zero-order chi connectivity index (χ0) is 16.7. The molecule has 4 aromatic rings. The summed E-state index contributed by atoms with van der Waals surface area (Å²) in [6, 6.07) is 6.17. The molecule has 0 aliphatic rings. The van der Waals surface area contributed by atoms with E-state index in [-0.39, 0.29) is 5.69 Å². The monoisotopic (exact) mass is 405 g/mol. The average molecular weight is 406 g/mol. The Kier molecular flexibility index (Phi) is 3.69. The first-order chi connectivity index (χ1) is 11.6. The van der Waals surface area contributed by atoms with Crippen molar-refractivity contribution in [3.05, 3.63) is 57.1 Å². The van der Waals surface area contributed by atoms with Gasteiger partial charge in [0.2, 0.25) is 5.78 Å². The second-order valence-corrected chi connectivity index (χ2v) is 6.49. The van der Waals surface area contributed by atoms with E-state index in [1.54, 1.807) is 12.3 Å². The summed E-state index contributed by atoms with van der Waals surface area (Å²) in [5.74, 6) is 1.13. The molecule has 8 nitrogen and oxygen atoms in total. The molecule has 3 heterocycles. The minimum atomic E-state index is -0.457. The van der Waals surface area contributed by atoms with Crippen molar-refractivity contribution >= 4 is 50.3 Å². The largest absolute Gasteiger partial charge is 0.431 e. The summed E-state index contributed by atoms with van der Waals surface area (Å²) >= 11 is 4.87. The first-order valence-electron chi connectivity index (χ1n) is 6.77. The topological polar surface area (TPSA) is 99.4 Å². The van der Waals surface area contributed by atoms with Gasteiger partial charge in [0, 0.05) is 30.3 Å². The Labute approximate surface area is 147 Å². The zero-order valence-corrected chi connectivity index (χ0v) is 14.3. The molecular formula is C14H8BrN5O3S. The number of hydrogen-bond donors (Lipinski definition) is 0. The summed E-state index contributed by atoms with van der Waals surface area (Å²) < 4.78 is 8.26. The normalized spacial score (nSPS) is 11.4. The second kappa shape index (κ2) is 5.87. The fourth-order valence-corrected chi connectivity index (χ4v) is 3.66. The molecule has 0 aliphatic carbocycles. The Morgan fingerprint density at radius 1 is 1.38 bits per heavy atom. The molecule has 0 radical (unpaired) electrons. The van der Waals surface area contributed by atoms with Gasteiger partial charge in [-0.25, -0.2) is 15.0 Å². The van der Waals surface area contributed by atoms with Gasteiger partial charge in [-0.15, -0.1) is 0 Å². The predicted molar refractivity (Wildman–Crippen MR) is 90.9 cm³/mol. The van der Waals surface area contributed by atoms with Crippen molar-refractivity contribution in [3.63, 3.8) is 0 Å². The average Bonchev–Trinajstić information content (AvgIpc) is 3.13. The van der Waals surface area contributed by atoms with Gasteiger partial charge >= 0.3 is 0 Å². The predicted octanol–water partition coefficient (Wildman–Crippen LogP) is 3.83. The number of rotatable bonds is 4. The SMILES string of the molecule is O=[N+]([O-])c1ccc2oc(SCc3nc4ncccn4c3Br)nc2c1. The van der Waals surface area contributed by atoms with Crippen LogP contribution in [0.5, 0.6) is 0 Å². The molecule has 1 aromatic carbocycles. The van der Waals surface area contributed by atoms with Crippen LogP contribution in [0.15, 0.2) is 50.9 Å². The third-order valence-corrected chi connectivity index (χ3v) is 4.99. The number of hydrogen-bond acceptors (Lipinski definition) is 7. The Morgan fingerprint density at radius 3 is 3.04 bits per heavy atom. The number of nitro benzene ring substituents is 1. The number of halogens is 1. The quantitative estimate of drug-likeness (QED) is 0.288. The van der Waals surface area contributed by atoms with Gasteiger partial charge in [-0.3, -0.25) is 14.5 Å². The minimum absolute atomic E-state index is 0.0125. The molecule has 120 valence electrons. The zero-order valence-electron chi connectivity index (χ0n) is 11.9. The number of aromatic nitrogens is 4. The first kappa shape index (κ1) is 15.1. The van der Waals surface area contributed by atoms with Gasteiger partial charge < -0.3 is 4.42 Å². The van der Waals surface area contributed by atoms with E-state index in [9.17, 15) is 10.1 Å². The maximum atomic E-state index is 10.8. The molecule has 0 saturated carbocycles. The molecular weight excluding hydrogens is 398 g/mol. The number of oxazole rings is 1. The molecule has 24 heavy (non-hydrogen) atoms. The molecule has 0 spiro atoms. The Bertz CT molecular complexity index is 1080. The number of nitro groups is 1. The van der Waals surface area contributed by atoms with Crippen LogP contribution in [0.25, 0.3) is 16.9 Å². The number of thioether (sulfide) groups is 1. The van der Waals surface area contributed by atoms with Crippen LogP contribution < -0.4 is 0 Å². The van der Waals surface area contributed by atoms with Crippen molar-refractivity contribution in [1.82, 2.24) is 19.4 Å². The van der Waals surface area contributed by atoms with E-state index in [0.717, 1.165) is 10.3 Å². The van der Waals surface area contributed by atoms with E-state index in [1.807, 2.05) is 16.7 Å². The standard InChI is InChI=1S/C14H8BrN5O3S/c15-12-10(17-13-16-4-1-5-19(12)13)7-24-14-18-9-6-8(20(21)22)2-3-11(9)23-14/h1-6H,7H2. The molecule has 0 bridgehead atoms. The molecule has 0 amide bonds. The van der Waals surface area contributed by atoms with Crippen molar-refractivity contribution in [2.24, 2.45) is 0 Å². The van der Waals surface area contributed by atoms with Crippen molar-refractivity contribution in [2.75, 3.05) is 0 Å². The summed E-state index contributed by atoms with van der Waals surface area (Å²) in [6.07, 6.45) is 3.55. The van der Waals surface area contributed by atoms with Gasteiger partial charge in [-0.05, 0) is 28.1 Å². The molecule has 0 fully saturated rings. The Morgan fingerprint density at radius 2 is 2.25 bits per heavy atom. The van der Waals surface area contributed by atoms with E-state index in [2.05, 4.69) is 30.9 Å². The highest BCUT2D eigenvalue weighted by Crippen LogP contribution is 2.30. The molecule has 0 N–H and O–H groups in total. The molecule has 4 rings (SSSR count). The third kappa shape index (κ3) is 2.63. The Hall–Kier alpha value is -2.46. The molecule has 3 aromatic heterocycles. The smallest absolute Gasteiger partial charge is 0.271 e. The maximum Gasteiger partial charge on any atom is 0.271 e. The lowest BCUT2D eigenvalue weighted by atomic mass is 10.3. The second-order valence-electron chi connectivity index (χ2n) is 4.82. The van der Waals surface area contributed by atoms with Gasteiger partial charge in [-0.2, -0.15) is 0 Å². The van der Waals surface area contributed by atoms with Gasteiger partial charge in [0.25, 0.3) is 10.9 Å². The summed E-state index contributed by atoms with van der Waals surface area (Å²) in [5, 5.41) is 11.2. The van der Waals surface area contributed by atoms with Crippen LogP contribution in [0.2, 0.25) is 0 Å². The Balaban J connectivity index is 1.59. The van der Waals surface area contributed by atoms with E-state index in [0.29, 0.717) is 27.9 Å². The number of fused-ring (bicyclic) bond motifs is 2. The van der Waals surface area contributed by atoms with Crippen LogP contribution in [0.3, 0.4) is 0 Å². The lowest BCUT2D eigenvalue weighted by Gasteiger charge is -1.94. The fourth-order valence-electron chi connectivity index (χ4n) is 2.20. The first-order valence-corrected chi connectivity index (χ1v) is 8.55.